The summed E-state index contributed by atoms with van der Waals surface area (Å²) in [7, 11) is 1.57. The number of thiazole rings is 1. The van der Waals surface area contributed by atoms with Crippen molar-refractivity contribution in [2.75, 3.05) is 12.4 Å². The van der Waals surface area contributed by atoms with E-state index in [1.807, 2.05) is 30.3 Å². The summed E-state index contributed by atoms with van der Waals surface area (Å²) >= 11 is 4.57. The summed E-state index contributed by atoms with van der Waals surface area (Å²) in [5, 5.41) is 14.0. The Hall–Kier alpha value is -5.07. The Kier molecular flexibility index (Phi) is 7.85. The number of allylic oxidation sites excluding steroid dienone is 1. The van der Waals surface area contributed by atoms with Gasteiger partial charge in [0.25, 0.3) is 17.2 Å². The molecule has 3 heterocycles. The Morgan fingerprint density at radius 1 is 1.11 bits per heavy atom. The first kappa shape index (κ1) is 29.0. The Morgan fingerprint density at radius 3 is 2.55 bits per heavy atom. The Balaban J connectivity index is 1.43. The van der Waals surface area contributed by atoms with Crippen molar-refractivity contribution in [3.8, 4) is 17.1 Å². The number of furan rings is 1. The van der Waals surface area contributed by atoms with Gasteiger partial charge < -0.3 is 14.5 Å². The number of hydrogen-bond acceptors (Lipinski definition) is 8. The van der Waals surface area contributed by atoms with Gasteiger partial charge in [-0.05, 0) is 70.9 Å². The maximum Gasteiger partial charge on any atom is 0.271 e. The van der Waals surface area contributed by atoms with Crippen LogP contribution < -0.4 is 24.9 Å². The molecule has 0 saturated carbocycles. The molecule has 0 bridgehead atoms. The second-order valence-electron chi connectivity index (χ2n) is 9.80. The third-order valence-electron chi connectivity index (χ3n) is 7.06. The molecule has 1 amide bonds. The number of benzene rings is 3. The SMILES string of the molecule is COc1ccc([C@@H]2C(C(=O)Nc3ccccc3)=C(C)N=c3s/c(=C/c4ccc(-c5ccc([N+](=O)[O-])cc5Br)o4)c(=O)n32)cc1. The number of methoxy groups -OCH3 is 1. The summed E-state index contributed by atoms with van der Waals surface area (Å²) < 4.78 is 13.7. The molecule has 0 saturated heterocycles. The van der Waals surface area contributed by atoms with Gasteiger partial charge in [-0.25, -0.2) is 4.99 Å². The average molecular weight is 672 g/mol. The molecule has 0 radical (unpaired) electrons. The smallest absolute Gasteiger partial charge is 0.271 e. The molecule has 0 unspecified atom stereocenters. The number of fused-ring (bicyclic) bond motifs is 1. The van der Waals surface area contributed by atoms with Gasteiger partial charge in [-0.2, -0.15) is 0 Å². The predicted octanol–water partition coefficient (Wildman–Crippen LogP) is 5.81. The molecule has 10 nitrogen and oxygen atoms in total. The number of nitro groups is 1. The normalized spacial score (nSPS) is 14.6. The molecule has 44 heavy (non-hydrogen) atoms. The number of rotatable bonds is 7. The van der Waals surface area contributed by atoms with Crippen LogP contribution in [0.5, 0.6) is 5.75 Å². The third kappa shape index (κ3) is 5.52. The van der Waals surface area contributed by atoms with Gasteiger partial charge in [-0.1, -0.05) is 41.7 Å². The maximum atomic E-state index is 14.0. The van der Waals surface area contributed by atoms with Crippen molar-refractivity contribution in [1.29, 1.82) is 0 Å². The highest BCUT2D eigenvalue weighted by molar-refractivity contribution is 9.10. The minimum Gasteiger partial charge on any atom is -0.497 e. The maximum absolute atomic E-state index is 14.0. The number of anilines is 1. The lowest BCUT2D eigenvalue weighted by atomic mass is 9.95. The molecule has 0 aliphatic carbocycles. The molecule has 0 fully saturated rings. The Morgan fingerprint density at radius 2 is 1.86 bits per heavy atom. The van der Waals surface area contributed by atoms with Gasteiger partial charge in [0.05, 0.1) is 33.9 Å². The van der Waals surface area contributed by atoms with Crippen LogP contribution in [0.15, 0.2) is 115 Å². The van der Waals surface area contributed by atoms with Gasteiger partial charge in [0.15, 0.2) is 4.80 Å². The van der Waals surface area contributed by atoms with Crippen molar-refractivity contribution >= 4 is 50.6 Å². The van der Waals surface area contributed by atoms with Crippen molar-refractivity contribution in [2.24, 2.45) is 4.99 Å². The summed E-state index contributed by atoms with van der Waals surface area (Å²) in [5.74, 6) is 1.16. The summed E-state index contributed by atoms with van der Waals surface area (Å²) in [4.78, 5) is 43.4. The summed E-state index contributed by atoms with van der Waals surface area (Å²) in [6, 6.07) is 23.4. The van der Waals surface area contributed by atoms with E-state index in [9.17, 15) is 19.7 Å². The lowest BCUT2D eigenvalue weighted by molar-refractivity contribution is -0.384. The van der Waals surface area contributed by atoms with Gasteiger partial charge in [0, 0.05) is 33.9 Å². The number of carbonyl (C=O) groups excluding carboxylic acids is 1. The van der Waals surface area contributed by atoms with E-state index in [4.69, 9.17) is 9.15 Å². The standard InChI is InChI=1S/C32H23BrN4O6S/c1-18-28(30(38)35-20-6-4-3-5-7-20)29(19-8-11-22(42-2)12-9-19)36-31(39)27(44-32(36)34-18)17-23-13-15-26(43-23)24-14-10-21(37(40)41)16-25(24)33/h3-17,29H,1-2H3,(H,35,38)/b27-17+/t29-/m1/s1. The van der Waals surface area contributed by atoms with E-state index in [-0.39, 0.29) is 17.2 Å². The molecule has 1 aliphatic rings. The Bertz CT molecular complexity index is 2130. The van der Waals surface area contributed by atoms with Crippen molar-refractivity contribution in [3.63, 3.8) is 0 Å². The number of ether oxygens (including phenoxy) is 1. The lowest BCUT2D eigenvalue weighted by Crippen LogP contribution is -2.40. The second-order valence-corrected chi connectivity index (χ2v) is 11.7. The lowest BCUT2D eigenvalue weighted by Gasteiger charge is -2.25. The Labute approximate surface area is 262 Å². The fraction of sp³-hybridized carbons (Fsp3) is 0.0938. The molecule has 6 rings (SSSR count). The number of hydrogen-bond donors (Lipinski definition) is 1. The highest BCUT2D eigenvalue weighted by atomic mass is 79.9. The third-order valence-corrected chi connectivity index (χ3v) is 8.70. The van der Waals surface area contributed by atoms with Gasteiger partial charge in [0.2, 0.25) is 0 Å². The van der Waals surface area contributed by atoms with Crippen molar-refractivity contribution in [3.05, 3.63) is 142 Å². The van der Waals surface area contributed by atoms with Crippen LogP contribution in [0.3, 0.4) is 0 Å². The van der Waals surface area contributed by atoms with E-state index < -0.39 is 11.0 Å². The minimum absolute atomic E-state index is 0.0490. The van der Waals surface area contributed by atoms with E-state index in [0.29, 0.717) is 59.2 Å². The molecule has 12 heteroatoms. The molecule has 5 aromatic rings. The number of nitro benzene ring substituents is 1. The first-order valence-corrected chi connectivity index (χ1v) is 14.9. The molecular weight excluding hydrogens is 648 g/mol. The zero-order valence-electron chi connectivity index (χ0n) is 23.3. The van der Waals surface area contributed by atoms with Crippen molar-refractivity contribution in [1.82, 2.24) is 4.57 Å². The molecule has 3 aromatic carbocycles. The quantitative estimate of drug-likeness (QED) is 0.172. The summed E-state index contributed by atoms with van der Waals surface area (Å²) in [5.41, 5.74) is 2.43. The van der Waals surface area contributed by atoms with E-state index in [1.54, 1.807) is 62.6 Å². The molecule has 1 atom stereocenters. The highest BCUT2D eigenvalue weighted by Gasteiger charge is 2.32. The molecule has 2 aromatic heterocycles. The summed E-state index contributed by atoms with van der Waals surface area (Å²) in [6.07, 6.45) is 1.63. The topological polar surface area (TPSA) is 129 Å². The van der Waals surface area contributed by atoms with E-state index in [0.717, 1.165) is 0 Å². The number of nitrogens with one attached hydrogen (secondary N) is 1. The number of aromatic nitrogens is 1. The minimum atomic E-state index is -0.744. The van der Waals surface area contributed by atoms with Crippen LogP contribution in [0, 0.1) is 10.1 Å². The van der Waals surface area contributed by atoms with E-state index in [2.05, 4.69) is 26.2 Å². The fourth-order valence-electron chi connectivity index (χ4n) is 4.96. The van der Waals surface area contributed by atoms with Gasteiger partial charge >= 0.3 is 0 Å². The number of non-ortho nitro benzene ring substituents is 1. The molecule has 1 aliphatic heterocycles. The van der Waals surface area contributed by atoms with Crippen LogP contribution in [0.2, 0.25) is 0 Å². The van der Waals surface area contributed by atoms with Gasteiger partial charge in [0.1, 0.15) is 17.3 Å². The van der Waals surface area contributed by atoms with E-state index in [1.165, 1.54) is 28.0 Å². The first-order chi connectivity index (χ1) is 21.2. The molecule has 1 N–H and O–H groups in total. The van der Waals surface area contributed by atoms with Crippen LogP contribution >= 0.6 is 27.3 Å². The number of carbonyl (C=O) groups is 1. The van der Waals surface area contributed by atoms with Crippen LogP contribution in [0.4, 0.5) is 11.4 Å². The second kappa shape index (κ2) is 11.9. The van der Waals surface area contributed by atoms with Crippen LogP contribution in [-0.2, 0) is 4.79 Å². The van der Waals surface area contributed by atoms with Crippen LogP contribution in [-0.4, -0.2) is 22.5 Å². The summed E-state index contributed by atoms with van der Waals surface area (Å²) in [6.45, 7) is 1.76. The van der Waals surface area contributed by atoms with Crippen LogP contribution in [0.25, 0.3) is 17.4 Å². The molecule has 220 valence electrons. The number of amides is 1. The van der Waals surface area contributed by atoms with Gasteiger partial charge in [-0.3, -0.25) is 24.3 Å². The molecular formula is C32H23BrN4O6S. The van der Waals surface area contributed by atoms with E-state index >= 15 is 0 Å². The average Bonchev–Trinajstić information content (AvgIpc) is 3.60. The largest absolute Gasteiger partial charge is 0.497 e. The number of para-hydroxylation sites is 1. The van der Waals surface area contributed by atoms with Crippen molar-refractivity contribution < 1.29 is 18.9 Å². The highest BCUT2D eigenvalue weighted by Crippen LogP contribution is 2.34. The predicted molar refractivity (Wildman–Crippen MR) is 170 cm³/mol. The fourth-order valence-corrected chi connectivity index (χ4v) is 6.54. The van der Waals surface area contributed by atoms with Crippen molar-refractivity contribution in [2.45, 2.75) is 13.0 Å². The monoisotopic (exact) mass is 670 g/mol. The van der Waals surface area contributed by atoms with Gasteiger partial charge in [-0.15, -0.1) is 0 Å². The zero-order chi connectivity index (χ0) is 31.0. The first-order valence-electron chi connectivity index (χ1n) is 13.3. The number of halogens is 1. The zero-order valence-corrected chi connectivity index (χ0v) is 25.7. The van der Waals surface area contributed by atoms with Crippen LogP contribution in [0.1, 0.15) is 24.3 Å². The number of nitrogens with zero attached hydrogens (tertiary/aromatic N) is 3. The molecule has 0 spiro atoms.